The van der Waals surface area contributed by atoms with E-state index in [0.717, 1.165) is 6.42 Å². The summed E-state index contributed by atoms with van der Waals surface area (Å²) in [6, 6.07) is 0.313. The lowest BCUT2D eigenvalue weighted by atomic mass is 9.98. The van der Waals surface area contributed by atoms with Crippen molar-refractivity contribution in [1.29, 1.82) is 0 Å². The molecule has 2 rings (SSSR count). The number of carbonyl (C=O) groups is 1. The third kappa shape index (κ3) is 1.58. The molecule has 13 heavy (non-hydrogen) atoms. The van der Waals surface area contributed by atoms with Crippen LogP contribution in [0.3, 0.4) is 0 Å². The Hall–Kier alpha value is -0.900. The molecule has 1 aromatic heterocycles. The fraction of sp³-hybridized carbons (Fsp3) is 0.556. The van der Waals surface area contributed by atoms with Crippen molar-refractivity contribution in [3.05, 3.63) is 16.6 Å². The van der Waals surface area contributed by atoms with Gasteiger partial charge in [-0.3, -0.25) is 9.78 Å². The summed E-state index contributed by atoms with van der Waals surface area (Å²) in [5, 5.41) is 2.98. The number of rotatable bonds is 2. The number of carbonyl (C=O) groups excluding carboxylic acids is 1. The molecular weight excluding hydrogens is 184 g/mol. The predicted molar refractivity (Wildman–Crippen MR) is 51.7 cm³/mol. The maximum Gasteiger partial charge on any atom is 0.220 e. The lowest BCUT2D eigenvalue weighted by Gasteiger charge is -2.14. The Morgan fingerprint density at radius 2 is 2.62 bits per heavy atom. The molecule has 1 N–H and O–H groups in total. The molecule has 1 aromatic rings. The lowest BCUT2D eigenvalue weighted by Crippen LogP contribution is -2.26. The van der Waals surface area contributed by atoms with Crippen LogP contribution in [0.5, 0.6) is 0 Å². The van der Waals surface area contributed by atoms with Crippen LogP contribution < -0.4 is 5.32 Å². The van der Waals surface area contributed by atoms with E-state index in [0.29, 0.717) is 18.4 Å². The van der Waals surface area contributed by atoms with Gasteiger partial charge in [-0.2, -0.15) is 0 Å². The van der Waals surface area contributed by atoms with E-state index < -0.39 is 0 Å². The quantitative estimate of drug-likeness (QED) is 0.779. The van der Waals surface area contributed by atoms with Crippen LogP contribution in [0, 0.1) is 0 Å². The zero-order valence-corrected chi connectivity index (χ0v) is 8.30. The van der Waals surface area contributed by atoms with E-state index in [2.05, 4.69) is 17.2 Å². The van der Waals surface area contributed by atoms with E-state index in [1.54, 1.807) is 11.3 Å². The van der Waals surface area contributed by atoms with Gasteiger partial charge in [0, 0.05) is 29.5 Å². The Morgan fingerprint density at radius 3 is 3.23 bits per heavy atom. The van der Waals surface area contributed by atoms with Crippen molar-refractivity contribution in [1.82, 2.24) is 10.3 Å². The molecule has 0 spiro atoms. The monoisotopic (exact) mass is 196 g/mol. The summed E-state index contributed by atoms with van der Waals surface area (Å²) in [4.78, 5) is 16.5. The van der Waals surface area contributed by atoms with Crippen LogP contribution in [0.15, 0.2) is 11.7 Å². The number of amides is 1. The van der Waals surface area contributed by atoms with Gasteiger partial charge in [0.05, 0.1) is 5.51 Å². The molecule has 0 saturated carbocycles. The fourth-order valence-corrected chi connectivity index (χ4v) is 2.59. The maximum absolute atomic E-state index is 11.2. The van der Waals surface area contributed by atoms with Gasteiger partial charge in [-0.25, -0.2) is 0 Å². The molecule has 0 aliphatic carbocycles. The SMILES string of the molecule is CCC1NC(=O)CC1c1cncs1. The van der Waals surface area contributed by atoms with E-state index in [1.807, 2.05) is 11.7 Å². The van der Waals surface area contributed by atoms with Crippen LogP contribution >= 0.6 is 11.3 Å². The molecule has 1 aliphatic rings. The summed E-state index contributed by atoms with van der Waals surface area (Å²) in [5.74, 6) is 0.523. The fourth-order valence-electron chi connectivity index (χ4n) is 1.80. The third-order valence-electron chi connectivity index (χ3n) is 2.49. The van der Waals surface area contributed by atoms with Crippen LogP contribution in [-0.4, -0.2) is 16.9 Å². The molecule has 3 nitrogen and oxygen atoms in total. The van der Waals surface area contributed by atoms with Gasteiger partial charge < -0.3 is 5.32 Å². The lowest BCUT2D eigenvalue weighted by molar-refractivity contribution is -0.119. The summed E-state index contributed by atoms with van der Waals surface area (Å²) in [6.45, 7) is 2.10. The molecule has 1 aliphatic heterocycles. The van der Waals surface area contributed by atoms with Gasteiger partial charge in [-0.1, -0.05) is 6.92 Å². The Morgan fingerprint density at radius 1 is 1.77 bits per heavy atom. The maximum atomic E-state index is 11.2. The zero-order chi connectivity index (χ0) is 9.26. The number of hydrogen-bond acceptors (Lipinski definition) is 3. The van der Waals surface area contributed by atoms with Crippen molar-refractivity contribution < 1.29 is 4.79 Å². The van der Waals surface area contributed by atoms with Gasteiger partial charge in [-0.15, -0.1) is 11.3 Å². The summed E-state index contributed by atoms with van der Waals surface area (Å²) in [5.41, 5.74) is 1.82. The number of thiazole rings is 1. The van der Waals surface area contributed by atoms with Gasteiger partial charge in [0.25, 0.3) is 0 Å². The first kappa shape index (κ1) is 8.69. The minimum Gasteiger partial charge on any atom is -0.353 e. The topological polar surface area (TPSA) is 42.0 Å². The first-order valence-corrected chi connectivity index (χ1v) is 5.37. The average Bonchev–Trinajstić information content (AvgIpc) is 2.71. The molecule has 70 valence electrons. The number of hydrogen-bond donors (Lipinski definition) is 1. The summed E-state index contributed by atoms with van der Waals surface area (Å²) in [7, 11) is 0. The van der Waals surface area contributed by atoms with Gasteiger partial charge >= 0.3 is 0 Å². The van der Waals surface area contributed by atoms with Crippen molar-refractivity contribution in [3.63, 3.8) is 0 Å². The van der Waals surface area contributed by atoms with E-state index >= 15 is 0 Å². The number of nitrogens with zero attached hydrogens (tertiary/aromatic N) is 1. The van der Waals surface area contributed by atoms with Crippen LogP contribution in [0.25, 0.3) is 0 Å². The summed E-state index contributed by atoms with van der Waals surface area (Å²) in [6.07, 6.45) is 3.49. The van der Waals surface area contributed by atoms with Gasteiger partial charge in [0.2, 0.25) is 5.91 Å². The van der Waals surface area contributed by atoms with Crippen molar-refractivity contribution in [2.75, 3.05) is 0 Å². The van der Waals surface area contributed by atoms with Crippen LogP contribution in [0.1, 0.15) is 30.6 Å². The molecule has 0 bridgehead atoms. The van der Waals surface area contributed by atoms with Gasteiger partial charge in [0.1, 0.15) is 0 Å². The Balaban J connectivity index is 2.19. The standard InChI is InChI=1S/C9H12N2OS/c1-2-7-6(3-9(12)11-7)8-4-10-5-13-8/h4-7H,2-3H2,1H3,(H,11,12). The normalized spacial score (nSPS) is 27.6. The second kappa shape index (κ2) is 3.46. The molecule has 1 saturated heterocycles. The molecule has 1 amide bonds. The van der Waals surface area contributed by atoms with E-state index in [-0.39, 0.29) is 5.91 Å². The highest BCUT2D eigenvalue weighted by molar-refractivity contribution is 7.09. The Labute approximate surface area is 81.2 Å². The van der Waals surface area contributed by atoms with Crippen molar-refractivity contribution in [3.8, 4) is 0 Å². The Kier molecular flexibility index (Phi) is 2.31. The van der Waals surface area contributed by atoms with Crippen LogP contribution in [0.4, 0.5) is 0 Å². The Bertz CT molecular complexity index is 297. The van der Waals surface area contributed by atoms with Crippen molar-refractivity contribution in [2.24, 2.45) is 0 Å². The molecular formula is C9H12N2OS. The summed E-state index contributed by atoms with van der Waals surface area (Å²) >= 11 is 1.64. The molecule has 4 heteroatoms. The molecule has 1 fully saturated rings. The highest BCUT2D eigenvalue weighted by atomic mass is 32.1. The predicted octanol–water partition coefficient (Wildman–Crippen LogP) is 1.53. The first-order chi connectivity index (χ1) is 6.31. The number of aromatic nitrogens is 1. The minimum atomic E-state index is 0.172. The highest BCUT2D eigenvalue weighted by Gasteiger charge is 2.32. The van der Waals surface area contributed by atoms with Crippen molar-refractivity contribution >= 4 is 17.2 Å². The first-order valence-electron chi connectivity index (χ1n) is 4.49. The molecule has 0 radical (unpaired) electrons. The zero-order valence-electron chi connectivity index (χ0n) is 7.49. The second-order valence-corrected chi connectivity index (χ2v) is 4.21. The number of nitrogens with one attached hydrogen (secondary N) is 1. The molecule has 2 heterocycles. The van der Waals surface area contributed by atoms with E-state index in [4.69, 9.17) is 0 Å². The largest absolute Gasteiger partial charge is 0.353 e. The molecule has 2 unspecified atom stereocenters. The van der Waals surface area contributed by atoms with E-state index in [9.17, 15) is 4.79 Å². The molecule has 0 aromatic carbocycles. The third-order valence-corrected chi connectivity index (χ3v) is 3.40. The van der Waals surface area contributed by atoms with Gasteiger partial charge in [-0.05, 0) is 6.42 Å². The average molecular weight is 196 g/mol. The highest BCUT2D eigenvalue weighted by Crippen LogP contribution is 2.31. The van der Waals surface area contributed by atoms with Gasteiger partial charge in [0.15, 0.2) is 0 Å². The van der Waals surface area contributed by atoms with Crippen molar-refractivity contribution in [2.45, 2.75) is 31.7 Å². The van der Waals surface area contributed by atoms with Crippen LogP contribution in [0.2, 0.25) is 0 Å². The minimum absolute atomic E-state index is 0.172. The summed E-state index contributed by atoms with van der Waals surface area (Å²) < 4.78 is 0. The van der Waals surface area contributed by atoms with Crippen LogP contribution in [-0.2, 0) is 4.79 Å². The molecule has 2 atom stereocenters. The van der Waals surface area contributed by atoms with E-state index in [1.165, 1.54) is 4.88 Å². The smallest absolute Gasteiger partial charge is 0.220 e. The second-order valence-electron chi connectivity index (χ2n) is 3.30.